The quantitative estimate of drug-likeness (QED) is 0.569. The number of nitrogens with zero attached hydrogens (tertiary/aromatic N) is 1. The summed E-state index contributed by atoms with van der Waals surface area (Å²) < 4.78 is 5.41. The van der Waals surface area contributed by atoms with Gasteiger partial charge in [-0.25, -0.2) is 0 Å². The number of nitriles is 1. The third-order valence-electron chi connectivity index (χ3n) is 4.23. The van der Waals surface area contributed by atoms with Gasteiger partial charge in [0.15, 0.2) is 0 Å². The maximum atomic E-state index is 8.83. The van der Waals surface area contributed by atoms with Crippen LogP contribution in [0.25, 0.3) is 0 Å². The molecule has 0 atom stereocenters. The molecule has 106 valence electrons. The summed E-state index contributed by atoms with van der Waals surface area (Å²) in [6.07, 6.45) is 10.0. The average Bonchev–Trinajstić information content (AvgIpc) is 2.52. The van der Waals surface area contributed by atoms with Crippen LogP contribution in [0.1, 0.15) is 56.1 Å². The van der Waals surface area contributed by atoms with Crippen molar-refractivity contribution in [2.75, 3.05) is 6.61 Å². The van der Waals surface area contributed by atoms with Crippen LogP contribution in [0.15, 0.2) is 36.6 Å². The summed E-state index contributed by atoms with van der Waals surface area (Å²) in [5.74, 6) is 1.49. The van der Waals surface area contributed by atoms with Gasteiger partial charge in [0, 0.05) is 0 Å². The van der Waals surface area contributed by atoms with Crippen LogP contribution in [0, 0.1) is 17.2 Å². The Hall–Kier alpha value is -1.75. The first-order chi connectivity index (χ1) is 9.83. The first kappa shape index (κ1) is 14.7. The van der Waals surface area contributed by atoms with Gasteiger partial charge >= 0.3 is 0 Å². The van der Waals surface area contributed by atoms with Gasteiger partial charge in [-0.15, -0.1) is 0 Å². The van der Waals surface area contributed by atoms with Crippen molar-refractivity contribution in [3.8, 4) is 6.07 Å². The zero-order valence-electron chi connectivity index (χ0n) is 12.2. The Kier molecular flexibility index (Phi) is 5.68. The van der Waals surface area contributed by atoms with Crippen LogP contribution in [-0.4, -0.2) is 6.61 Å². The molecule has 2 nitrogen and oxygen atoms in total. The number of hydrogen-bond acceptors (Lipinski definition) is 2. The lowest BCUT2D eigenvalue weighted by Crippen LogP contribution is -2.14. The average molecular weight is 269 g/mol. The SMILES string of the molecule is C/C=C/OCCC1CCC(c2ccc(C#N)cc2)CC1. The number of allylic oxidation sites excluding steroid dienone is 1. The third kappa shape index (κ3) is 4.13. The molecule has 1 aliphatic carbocycles. The minimum Gasteiger partial charge on any atom is -0.502 e. The Bertz CT molecular complexity index is 461. The topological polar surface area (TPSA) is 33.0 Å². The van der Waals surface area contributed by atoms with E-state index >= 15 is 0 Å². The molecule has 0 unspecified atom stereocenters. The molecule has 0 heterocycles. The lowest BCUT2D eigenvalue weighted by atomic mass is 9.77. The van der Waals surface area contributed by atoms with Crippen LogP contribution < -0.4 is 0 Å². The second kappa shape index (κ2) is 7.75. The summed E-state index contributed by atoms with van der Waals surface area (Å²) in [5, 5.41) is 8.83. The molecule has 1 aliphatic rings. The summed E-state index contributed by atoms with van der Waals surface area (Å²) >= 11 is 0. The van der Waals surface area contributed by atoms with Crippen LogP contribution >= 0.6 is 0 Å². The van der Waals surface area contributed by atoms with E-state index in [1.54, 1.807) is 6.26 Å². The Morgan fingerprint density at radius 1 is 1.20 bits per heavy atom. The predicted molar refractivity (Wildman–Crippen MR) is 81.2 cm³/mol. The molecule has 1 fully saturated rings. The Morgan fingerprint density at radius 2 is 1.90 bits per heavy atom. The van der Waals surface area contributed by atoms with Crippen molar-refractivity contribution in [2.45, 2.75) is 44.9 Å². The monoisotopic (exact) mass is 269 g/mol. The first-order valence-electron chi connectivity index (χ1n) is 7.56. The normalized spacial score (nSPS) is 22.6. The van der Waals surface area contributed by atoms with Crippen molar-refractivity contribution in [1.29, 1.82) is 5.26 Å². The molecule has 20 heavy (non-hydrogen) atoms. The minimum absolute atomic E-state index is 0.676. The molecule has 1 saturated carbocycles. The molecule has 1 aromatic carbocycles. The lowest BCUT2D eigenvalue weighted by molar-refractivity contribution is 0.198. The first-order valence-corrected chi connectivity index (χ1v) is 7.56. The molecule has 0 amide bonds. The van der Waals surface area contributed by atoms with Crippen LogP contribution in [0.3, 0.4) is 0 Å². The Labute approximate surface area is 122 Å². The van der Waals surface area contributed by atoms with E-state index in [0.29, 0.717) is 5.92 Å². The van der Waals surface area contributed by atoms with Crippen LogP contribution in [-0.2, 0) is 4.74 Å². The highest BCUT2D eigenvalue weighted by Gasteiger charge is 2.22. The smallest absolute Gasteiger partial charge is 0.0991 e. The fraction of sp³-hybridized carbons (Fsp3) is 0.500. The Balaban J connectivity index is 1.77. The summed E-state index contributed by atoms with van der Waals surface area (Å²) in [5.41, 5.74) is 2.15. The molecular formula is C18H23NO. The largest absolute Gasteiger partial charge is 0.502 e. The Morgan fingerprint density at radius 3 is 2.50 bits per heavy atom. The van der Waals surface area contributed by atoms with Crippen molar-refractivity contribution in [3.63, 3.8) is 0 Å². The van der Waals surface area contributed by atoms with Gasteiger partial charge in [-0.05, 0) is 68.6 Å². The van der Waals surface area contributed by atoms with Crippen molar-refractivity contribution < 1.29 is 4.74 Å². The molecule has 0 N–H and O–H groups in total. The number of benzene rings is 1. The minimum atomic E-state index is 0.676. The van der Waals surface area contributed by atoms with Crippen molar-refractivity contribution in [1.82, 2.24) is 0 Å². The lowest BCUT2D eigenvalue weighted by Gasteiger charge is -2.28. The van der Waals surface area contributed by atoms with Gasteiger partial charge in [0.2, 0.25) is 0 Å². The van der Waals surface area contributed by atoms with Crippen LogP contribution in [0.2, 0.25) is 0 Å². The van der Waals surface area contributed by atoms with Gasteiger partial charge in [-0.1, -0.05) is 18.2 Å². The second-order valence-corrected chi connectivity index (χ2v) is 5.58. The van der Waals surface area contributed by atoms with E-state index in [1.807, 2.05) is 25.1 Å². The molecule has 0 spiro atoms. The predicted octanol–water partition coefficient (Wildman–Crippen LogP) is 4.77. The molecule has 0 aromatic heterocycles. The van der Waals surface area contributed by atoms with E-state index in [2.05, 4.69) is 18.2 Å². The van der Waals surface area contributed by atoms with Crippen LogP contribution in [0.4, 0.5) is 0 Å². The molecular weight excluding hydrogens is 246 g/mol. The molecule has 1 aromatic rings. The molecule has 0 saturated heterocycles. The molecule has 0 bridgehead atoms. The van der Waals surface area contributed by atoms with Gasteiger partial charge in [0.05, 0.1) is 24.5 Å². The maximum Gasteiger partial charge on any atom is 0.0991 e. The van der Waals surface area contributed by atoms with E-state index in [1.165, 1.54) is 37.7 Å². The maximum absolute atomic E-state index is 8.83. The van der Waals surface area contributed by atoms with Crippen LogP contribution in [0.5, 0.6) is 0 Å². The summed E-state index contributed by atoms with van der Waals surface area (Å²) in [4.78, 5) is 0. The van der Waals surface area contributed by atoms with Crippen molar-refractivity contribution in [3.05, 3.63) is 47.7 Å². The zero-order chi connectivity index (χ0) is 14.2. The van der Waals surface area contributed by atoms with Crippen molar-refractivity contribution >= 4 is 0 Å². The van der Waals surface area contributed by atoms with E-state index in [4.69, 9.17) is 10.00 Å². The number of hydrogen-bond donors (Lipinski definition) is 0. The highest BCUT2D eigenvalue weighted by Crippen LogP contribution is 2.37. The van der Waals surface area contributed by atoms with Gasteiger partial charge in [0.1, 0.15) is 0 Å². The van der Waals surface area contributed by atoms with Crippen molar-refractivity contribution in [2.24, 2.45) is 5.92 Å². The van der Waals surface area contributed by atoms with E-state index in [9.17, 15) is 0 Å². The van der Waals surface area contributed by atoms with E-state index in [0.717, 1.165) is 18.1 Å². The standard InChI is InChI=1S/C18H23NO/c1-2-12-20-13-11-15-3-7-17(8-4-15)18-9-5-16(14-19)6-10-18/h2,5-6,9-10,12,15,17H,3-4,7-8,11,13H2,1H3/b12-2+. The van der Waals surface area contributed by atoms with E-state index < -0.39 is 0 Å². The van der Waals surface area contributed by atoms with Gasteiger partial charge in [-0.3, -0.25) is 0 Å². The zero-order valence-corrected chi connectivity index (χ0v) is 12.2. The second-order valence-electron chi connectivity index (χ2n) is 5.58. The highest BCUT2D eigenvalue weighted by molar-refractivity contribution is 5.33. The molecule has 2 rings (SSSR count). The molecule has 2 heteroatoms. The fourth-order valence-electron chi connectivity index (χ4n) is 3.01. The summed E-state index contributed by atoms with van der Waals surface area (Å²) in [6.45, 7) is 2.82. The highest BCUT2D eigenvalue weighted by atomic mass is 16.5. The molecule has 0 radical (unpaired) electrons. The fourth-order valence-corrected chi connectivity index (χ4v) is 3.01. The third-order valence-corrected chi connectivity index (χ3v) is 4.23. The number of ether oxygens (including phenoxy) is 1. The summed E-state index contributed by atoms with van der Waals surface area (Å²) in [7, 11) is 0. The van der Waals surface area contributed by atoms with Gasteiger partial charge in [0.25, 0.3) is 0 Å². The number of rotatable bonds is 5. The summed E-state index contributed by atoms with van der Waals surface area (Å²) in [6, 6.07) is 10.3. The van der Waals surface area contributed by atoms with E-state index in [-0.39, 0.29) is 0 Å². The van der Waals surface area contributed by atoms with Gasteiger partial charge in [-0.2, -0.15) is 5.26 Å². The van der Waals surface area contributed by atoms with Gasteiger partial charge < -0.3 is 4.74 Å². The molecule has 0 aliphatic heterocycles.